The van der Waals surface area contributed by atoms with E-state index >= 15 is 0 Å². The Hall–Kier alpha value is -1.63. The van der Waals surface area contributed by atoms with Gasteiger partial charge in [0.1, 0.15) is 5.82 Å². The Labute approximate surface area is 120 Å². The maximum Gasteiger partial charge on any atom is 0.419 e. The smallest absolute Gasteiger partial charge is 0.326 e. The molecule has 0 saturated heterocycles. The first-order valence-corrected chi connectivity index (χ1v) is 6.24. The number of halogens is 4. The van der Waals surface area contributed by atoms with Gasteiger partial charge in [-0.2, -0.15) is 13.2 Å². The second kappa shape index (κ2) is 5.29. The van der Waals surface area contributed by atoms with E-state index in [1.165, 1.54) is 0 Å². The molecule has 1 rings (SSSR count). The summed E-state index contributed by atoms with van der Waals surface area (Å²) in [5, 5.41) is 2.34. The minimum Gasteiger partial charge on any atom is -0.326 e. The van der Waals surface area contributed by atoms with Crippen LogP contribution in [0.4, 0.5) is 23.2 Å². The Morgan fingerprint density at radius 1 is 1.14 bits per heavy atom. The van der Waals surface area contributed by atoms with Gasteiger partial charge in [0.05, 0.1) is 11.0 Å². The van der Waals surface area contributed by atoms with Crippen LogP contribution in [0.2, 0.25) is 0 Å². The molecule has 21 heavy (non-hydrogen) atoms. The first-order valence-electron chi connectivity index (χ1n) is 6.24. The van der Waals surface area contributed by atoms with Crippen molar-refractivity contribution in [3.05, 3.63) is 29.6 Å². The molecule has 1 aromatic carbocycles. The van der Waals surface area contributed by atoms with Gasteiger partial charge in [0.25, 0.3) is 0 Å². The van der Waals surface area contributed by atoms with E-state index in [2.05, 4.69) is 5.32 Å². The van der Waals surface area contributed by atoms with E-state index in [9.17, 15) is 22.4 Å². The van der Waals surface area contributed by atoms with E-state index in [-0.39, 0.29) is 5.69 Å². The number of amides is 1. The highest BCUT2D eigenvalue weighted by Crippen LogP contribution is 2.34. The summed E-state index contributed by atoms with van der Waals surface area (Å²) in [6.07, 6.45) is -4.83. The molecule has 0 radical (unpaired) electrons. The molecule has 118 valence electrons. The molecule has 0 atom stereocenters. The molecule has 0 aliphatic heterocycles. The number of anilines is 1. The van der Waals surface area contributed by atoms with Gasteiger partial charge in [0.2, 0.25) is 5.91 Å². The molecule has 0 aliphatic carbocycles. The lowest BCUT2D eigenvalue weighted by molar-refractivity contribution is -0.140. The predicted molar refractivity (Wildman–Crippen MR) is 72.1 cm³/mol. The summed E-state index contributed by atoms with van der Waals surface area (Å²) >= 11 is 0. The van der Waals surface area contributed by atoms with Crippen LogP contribution in [0.5, 0.6) is 0 Å². The van der Waals surface area contributed by atoms with Crippen LogP contribution in [-0.2, 0) is 11.0 Å². The van der Waals surface area contributed by atoms with E-state index < -0.39 is 34.4 Å². The second-order valence-corrected chi connectivity index (χ2v) is 5.99. The Balaban J connectivity index is 3.08. The average Bonchev–Trinajstić information content (AvgIpc) is 2.28. The average molecular weight is 306 g/mol. The number of nitrogens with two attached hydrogens (primary N) is 1. The number of alkyl halides is 3. The molecule has 3 nitrogen and oxygen atoms in total. The normalized spacial score (nSPS) is 13.2. The molecule has 0 unspecified atom stereocenters. The fourth-order valence-electron chi connectivity index (χ4n) is 1.40. The van der Waals surface area contributed by atoms with Gasteiger partial charge in [-0.25, -0.2) is 4.39 Å². The fourth-order valence-corrected chi connectivity index (χ4v) is 1.40. The number of hydrogen-bond donors (Lipinski definition) is 2. The molecular formula is C14H18F4N2O. The topological polar surface area (TPSA) is 55.1 Å². The van der Waals surface area contributed by atoms with Crippen molar-refractivity contribution in [3.63, 3.8) is 0 Å². The van der Waals surface area contributed by atoms with Gasteiger partial charge in [-0.1, -0.05) is 0 Å². The Bertz CT molecular complexity index is 545. The number of hydrogen-bond acceptors (Lipinski definition) is 2. The SMILES string of the molecule is CC(C)(N)C(C)(C)C(=O)Nc1ccc(F)c(C(F)(F)F)c1. The van der Waals surface area contributed by atoms with Crippen LogP contribution in [0.25, 0.3) is 0 Å². The van der Waals surface area contributed by atoms with Gasteiger partial charge < -0.3 is 11.1 Å². The number of benzene rings is 1. The number of nitrogens with one attached hydrogen (secondary N) is 1. The number of carbonyl (C=O) groups is 1. The molecule has 0 heterocycles. The summed E-state index contributed by atoms with van der Waals surface area (Å²) in [4.78, 5) is 12.2. The van der Waals surface area contributed by atoms with E-state index in [0.717, 1.165) is 6.07 Å². The summed E-state index contributed by atoms with van der Waals surface area (Å²) in [6.45, 7) is 6.43. The molecule has 7 heteroatoms. The van der Waals surface area contributed by atoms with Crippen LogP contribution < -0.4 is 11.1 Å². The Morgan fingerprint density at radius 3 is 2.10 bits per heavy atom. The summed E-state index contributed by atoms with van der Waals surface area (Å²) in [7, 11) is 0. The minimum atomic E-state index is -4.83. The van der Waals surface area contributed by atoms with Crippen molar-refractivity contribution in [1.29, 1.82) is 0 Å². The minimum absolute atomic E-state index is 0.133. The highest BCUT2D eigenvalue weighted by molar-refractivity contribution is 5.95. The van der Waals surface area contributed by atoms with Crippen molar-refractivity contribution in [2.75, 3.05) is 5.32 Å². The van der Waals surface area contributed by atoms with Gasteiger partial charge in [-0.3, -0.25) is 4.79 Å². The maximum atomic E-state index is 13.2. The molecule has 0 bridgehead atoms. The summed E-state index contributed by atoms with van der Waals surface area (Å²) in [5.74, 6) is -1.94. The van der Waals surface area contributed by atoms with Crippen molar-refractivity contribution < 1.29 is 22.4 Å². The third kappa shape index (κ3) is 3.72. The lowest BCUT2D eigenvalue weighted by Crippen LogP contribution is -2.53. The van der Waals surface area contributed by atoms with Crippen molar-refractivity contribution in [1.82, 2.24) is 0 Å². The van der Waals surface area contributed by atoms with Gasteiger partial charge in [0, 0.05) is 11.2 Å². The first kappa shape index (κ1) is 17.4. The molecule has 0 aliphatic rings. The lowest BCUT2D eigenvalue weighted by Gasteiger charge is -2.36. The molecule has 3 N–H and O–H groups in total. The summed E-state index contributed by atoms with van der Waals surface area (Å²) in [5.41, 5.74) is 2.42. The van der Waals surface area contributed by atoms with Crippen LogP contribution in [0.3, 0.4) is 0 Å². The predicted octanol–water partition coefficient (Wildman–Crippen LogP) is 3.55. The maximum absolute atomic E-state index is 13.2. The molecule has 0 fully saturated rings. The van der Waals surface area contributed by atoms with Gasteiger partial charge in [0.15, 0.2) is 0 Å². The van der Waals surface area contributed by atoms with Crippen LogP contribution in [0.1, 0.15) is 33.3 Å². The third-order valence-electron chi connectivity index (χ3n) is 3.71. The van der Waals surface area contributed by atoms with Gasteiger partial charge in [-0.05, 0) is 45.9 Å². The second-order valence-electron chi connectivity index (χ2n) is 5.99. The largest absolute Gasteiger partial charge is 0.419 e. The number of rotatable bonds is 3. The van der Waals surface area contributed by atoms with E-state index in [1.54, 1.807) is 27.7 Å². The van der Waals surface area contributed by atoms with Crippen molar-refractivity contribution >= 4 is 11.6 Å². The molecule has 0 saturated carbocycles. The van der Waals surface area contributed by atoms with Crippen LogP contribution in [0.15, 0.2) is 18.2 Å². The molecule has 1 amide bonds. The zero-order valence-corrected chi connectivity index (χ0v) is 12.2. The first-order chi connectivity index (χ1) is 9.26. The van der Waals surface area contributed by atoms with Crippen LogP contribution in [0, 0.1) is 11.2 Å². The lowest BCUT2D eigenvalue weighted by atomic mass is 9.74. The molecule has 1 aromatic rings. The van der Waals surface area contributed by atoms with E-state index in [0.29, 0.717) is 12.1 Å². The summed E-state index contributed by atoms with van der Waals surface area (Å²) < 4.78 is 51.0. The zero-order chi connectivity index (χ0) is 16.6. The van der Waals surface area contributed by atoms with Crippen molar-refractivity contribution in [2.45, 2.75) is 39.4 Å². The number of carbonyl (C=O) groups excluding carboxylic acids is 1. The van der Waals surface area contributed by atoms with Crippen LogP contribution in [-0.4, -0.2) is 11.4 Å². The summed E-state index contributed by atoms with van der Waals surface area (Å²) in [6, 6.07) is 2.30. The van der Waals surface area contributed by atoms with Crippen molar-refractivity contribution in [2.24, 2.45) is 11.1 Å². The third-order valence-corrected chi connectivity index (χ3v) is 3.71. The highest BCUT2D eigenvalue weighted by Gasteiger charge is 2.41. The fraction of sp³-hybridized carbons (Fsp3) is 0.500. The van der Waals surface area contributed by atoms with E-state index in [1.807, 2.05) is 0 Å². The quantitative estimate of drug-likeness (QED) is 0.839. The molecule has 0 spiro atoms. The standard InChI is InChI=1S/C14H18F4N2O/c1-12(2,13(3,4)19)11(21)20-8-5-6-10(15)9(7-8)14(16,17)18/h5-7H,19H2,1-4H3,(H,20,21). The molecular weight excluding hydrogens is 288 g/mol. The monoisotopic (exact) mass is 306 g/mol. The Morgan fingerprint density at radius 2 is 1.67 bits per heavy atom. The Kier molecular flexibility index (Phi) is 4.39. The van der Waals surface area contributed by atoms with Gasteiger partial charge in [-0.15, -0.1) is 0 Å². The van der Waals surface area contributed by atoms with Gasteiger partial charge >= 0.3 is 6.18 Å². The molecule has 0 aromatic heterocycles. The van der Waals surface area contributed by atoms with Crippen molar-refractivity contribution in [3.8, 4) is 0 Å². The zero-order valence-electron chi connectivity index (χ0n) is 12.2. The highest BCUT2D eigenvalue weighted by atomic mass is 19.4. The van der Waals surface area contributed by atoms with Crippen LogP contribution >= 0.6 is 0 Å². The van der Waals surface area contributed by atoms with E-state index in [4.69, 9.17) is 5.73 Å².